The van der Waals surface area contributed by atoms with Crippen LogP contribution in [0.2, 0.25) is 0 Å². The summed E-state index contributed by atoms with van der Waals surface area (Å²) in [6.07, 6.45) is 0. The van der Waals surface area contributed by atoms with Crippen molar-refractivity contribution in [1.82, 2.24) is 4.98 Å². The highest BCUT2D eigenvalue weighted by Gasteiger charge is 2.15. The Labute approximate surface area is 138 Å². The molecule has 124 valence electrons. The molecular weight excluding hydrogens is 330 g/mol. The molecule has 1 aromatic heterocycles. The maximum atomic E-state index is 12.2. The zero-order valence-corrected chi connectivity index (χ0v) is 13.8. The molecule has 0 aliphatic heterocycles. The molecule has 0 spiro atoms. The largest absolute Gasteiger partial charge is 0.497 e. The number of H-pyrrole nitrogens is 1. The van der Waals surface area contributed by atoms with Crippen LogP contribution in [0.25, 0.3) is 10.9 Å². The summed E-state index contributed by atoms with van der Waals surface area (Å²) in [4.78, 5) is 2.72. The molecule has 0 unspecified atom stereocenters. The Kier molecular flexibility index (Phi) is 3.98. The normalized spacial score (nSPS) is 12.1. The Morgan fingerprint density at radius 3 is 2.50 bits per heavy atom. The Morgan fingerprint density at radius 1 is 1.12 bits per heavy atom. The van der Waals surface area contributed by atoms with Crippen molar-refractivity contribution in [2.45, 2.75) is 11.8 Å². The fourth-order valence-electron chi connectivity index (χ4n) is 2.27. The van der Waals surface area contributed by atoms with Gasteiger partial charge in [0.15, 0.2) is 5.69 Å². The van der Waals surface area contributed by atoms with Crippen LogP contribution in [0.4, 0.5) is 5.69 Å². The summed E-state index contributed by atoms with van der Waals surface area (Å²) >= 11 is 0. The monoisotopic (exact) mass is 345 g/mol. The van der Waals surface area contributed by atoms with E-state index in [1.807, 2.05) is 13.0 Å². The van der Waals surface area contributed by atoms with Crippen LogP contribution in [0, 0.1) is 6.92 Å². The third kappa shape index (κ3) is 2.95. The van der Waals surface area contributed by atoms with Gasteiger partial charge in [0.1, 0.15) is 5.75 Å². The molecular formula is C16H15N3O4S. The van der Waals surface area contributed by atoms with E-state index in [-0.39, 0.29) is 16.5 Å². The van der Waals surface area contributed by atoms with Gasteiger partial charge in [0, 0.05) is 5.39 Å². The molecule has 0 fully saturated rings. The number of aromatic hydroxyl groups is 1. The van der Waals surface area contributed by atoms with Gasteiger partial charge in [-0.05, 0) is 43.3 Å². The van der Waals surface area contributed by atoms with Crippen LogP contribution in [-0.2, 0) is 10.0 Å². The van der Waals surface area contributed by atoms with Gasteiger partial charge < -0.3 is 14.8 Å². The van der Waals surface area contributed by atoms with Crippen molar-refractivity contribution in [2.24, 2.45) is 9.63 Å². The number of methoxy groups -OCH3 is 1. The molecule has 0 atom stereocenters. The standard InChI is InChI=1S/C16H15N3O4S/c1-10-3-8-14-13(9-10)15(16(20)17-14)18-19-24(21,22)12-6-4-11(23-2)5-7-12/h3-9,17,20H,1-2H3. The van der Waals surface area contributed by atoms with E-state index in [0.29, 0.717) is 16.7 Å². The molecule has 1 heterocycles. The summed E-state index contributed by atoms with van der Waals surface area (Å²) < 4.78 is 32.9. The Bertz CT molecular complexity index is 1020. The van der Waals surface area contributed by atoms with Crippen molar-refractivity contribution in [2.75, 3.05) is 7.11 Å². The lowest BCUT2D eigenvalue weighted by atomic mass is 10.2. The van der Waals surface area contributed by atoms with Gasteiger partial charge >= 0.3 is 0 Å². The van der Waals surface area contributed by atoms with Crippen molar-refractivity contribution in [3.63, 3.8) is 0 Å². The number of nitrogens with zero attached hydrogens (tertiary/aromatic N) is 2. The first kappa shape index (κ1) is 16.0. The molecule has 3 rings (SSSR count). The number of sulfonamides is 1. The highest BCUT2D eigenvalue weighted by molar-refractivity contribution is 7.90. The Morgan fingerprint density at radius 2 is 1.83 bits per heavy atom. The number of aromatic amines is 1. The number of ether oxygens (including phenoxy) is 1. The van der Waals surface area contributed by atoms with Crippen molar-refractivity contribution in [3.8, 4) is 11.6 Å². The van der Waals surface area contributed by atoms with Crippen molar-refractivity contribution in [3.05, 3.63) is 48.0 Å². The number of hydrogen-bond acceptors (Lipinski definition) is 5. The van der Waals surface area contributed by atoms with Crippen LogP contribution in [0.3, 0.4) is 0 Å². The maximum Gasteiger partial charge on any atom is 0.299 e. The molecule has 2 N–H and O–H groups in total. The van der Waals surface area contributed by atoms with E-state index in [2.05, 4.69) is 14.6 Å². The minimum atomic E-state index is -3.98. The predicted octanol–water partition coefficient (Wildman–Crippen LogP) is 3.66. The SMILES string of the molecule is COc1ccc(S(=O)(=O)N=Nc2c(O)[nH]c3ccc(C)cc23)cc1. The van der Waals surface area contributed by atoms with E-state index in [0.717, 1.165) is 5.56 Å². The van der Waals surface area contributed by atoms with E-state index in [9.17, 15) is 13.5 Å². The molecule has 0 aliphatic carbocycles. The second kappa shape index (κ2) is 5.97. The summed E-state index contributed by atoms with van der Waals surface area (Å²) in [5, 5.41) is 14.3. The first-order valence-corrected chi connectivity index (χ1v) is 8.48. The Balaban J connectivity index is 2.00. The minimum Gasteiger partial charge on any atom is -0.497 e. The van der Waals surface area contributed by atoms with Crippen molar-refractivity contribution >= 4 is 26.6 Å². The van der Waals surface area contributed by atoms with Crippen molar-refractivity contribution < 1.29 is 18.3 Å². The zero-order chi connectivity index (χ0) is 17.3. The van der Waals surface area contributed by atoms with Gasteiger partial charge in [-0.15, -0.1) is 5.11 Å². The molecule has 0 radical (unpaired) electrons. The number of fused-ring (bicyclic) bond motifs is 1. The van der Waals surface area contributed by atoms with E-state index in [1.54, 1.807) is 12.1 Å². The molecule has 0 saturated heterocycles. The van der Waals surface area contributed by atoms with E-state index in [4.69, 9.17) is 4.74 Å². The van der Waals surface area contributed by atoms with Crippen LogP contribution in [0.15, 0.2) is 57.0 Å². The topological polar surface area (TPSA) is 104 Å². The molecule has 8 heteroatoms. The van der Waals surface area contributed by atoms with Crippen LogP contribution in [0.5, 0.6) is 11.6 Å². The molecule has 0 amide bonds. The summed E-state index contributed by atoms with van der Waals surface area (Å²) in [6.45, 7) is 1.89. The molecule has 0 aliphatic rings. The molecule has 2 aromatic carbocycles. The minimum absolute atomic E-state index is 0.0115. The van der Waals surface area contributed by atoms with Crippen LogP contribution >= 0.6 is 0 Å². The lowest BCUT2D eigenvalue weighted by Gasteiger charge is -2.00. The van der Waals surface area contributed by atoms with E-state index >= 15 is 0 Å². The second-order valence-electron chi connectivity index (χ2n) is 5.20. The number of nitrogens with one attached hydrogen (secondary N) is 1. The molecule has 7 nitrogen and oxygen atoms in total. The summed E-state index contributed by atoms with van der Waals surface area (Å²) in [6, 6.07) is 11.2. The van der Waals surface area contributed by atoms with Gasteiger partial charge in [-0.1, -0.05) is 16.1 Å². The number of aromatic nitrogens is 1. The van der Waals surface area contributed by atoms with Crippen LogP contribution < -0.4 is 4.74 Å². The molecule has 0 bridgehead atoms. The van der Waals surface area contributed by atoms with E-state index < -0.39 is 10.0 Å². The summed E-state index contributed by atoms with van der Waals surface area (Å²) in [5.74, 6) is 0.305. The van der Waals surface area contributed by atoms with Gasteiger partial charge in [-0.2, -0.15) is 8.42 Å². The average molecular weight is 345 g/mol. The van der Waals surface area contributed by atoms with Crippen LogP contribution in [0.1, 0.15) is 5.56 Å². The van der Waals surface area contributed by atoms with Gasteiger partial charge in [0.25, 0.3) is 10.0 Å². The second-order valence-corrected chi connectivity index (χ2v) is 6.79. The lowest BCUT2D eigenvalue weighted by molar-refractivity contribution is 0.414. The summed E-state index contributed by atoms with van der Waals surface area (Å²) in [7, 11) is -2.49. The van der Waals surface area contributed by atoms with Gasteiger partial charge in [-0.25, -0.2) is 0 Å². The highest BCUT2D eigenvalue weighted by atomic mass is 32.2. The van der Waals surface area contributed by atoms with Gasteiger partial charge in [0.2, 0.25) is 5.88 Å². The molecule has 3 aromatic rings. The van der Waals surface area contributed by atoms with Gasteiger partial charge in [0.05, 0.1) is 17.5 Å². The molecule has 0 saturated carbocycles. The lowest BCUT2D eigenvalue weighted by Crippen LogP contribution is -1.95. The number of benzene rings is 2. The third-order valence-electron chi connectivity index (χ3n) is 3.51. The van der Waals surface area contributed by atoms with Crippen molar-refractivity contribution in [1.29, 1.82) is 0 Å². The number of hydrogen-bond donors (Lipinski definition) is 2. The van der Waals surface area contributed by atoms with Crippen LogP contribution in [-0.4, -0.2) is 25.6 Å². The quantitative estimate of drug-likeness (QED) is 0.704. The average Bonchev–Trinajstić information content (AvgIpc) is 2.88. The zero-order valence-electron chi connectivity index (χ0n) is 13.0. The number of aryl methyl sites for hydroxylation is 1. The maximum absolute atomic E-state index is 12.2. The number of rotatable bonds is 4. The fourth-order valence-corrected chi connectivity index (χ4v) is 3.03. The highest BCUT2D eigenvalue weighted by Crippen LogP contribution is 2.36. The smallest absolute Gasteiger partial charge is 0.299 e. The first-order valence-electron chi connectivity index (χ1n) is 7.04. The van der Waals surface area contributed by atoms with E-state index in [1.165, 1.54) is 31.4 Å². The third-order valence-corrected chi connectivity index (χ3v) is 4.68. The molecule has 24 heavy (non-hydrogen) atoms. The fraction of sp³-hybridized carbons (Fsp3) is 0.125. The first-order chi connectivity index (χ1) is 11.4. The van der Waals surface area contributed by atoms with Gasteiger partial charge in [-0.3, -0.25) is 0 Å². The summed E-state index contributed by atoms with van der Waals surface area (Å²) in [5.41, 5.74) is 1.69. The Hall–Kier alpha value is -2.87. The predicted molar refractivity (Wildman–Crippen MR) is 89.4 cm³/mol.